The molecule has 3 heterocycles. The predicted molar refractivity (Wildman–Crippen MR) is 229 cm³/mol. The molecule has 0 aliphatic rings. The largest absolute Gasteiger partial charge is 0.455 e. The molecule has 8 aromatic carbocycles. The standard InChI is InChI=1S/C51H32N4O/c1-5-15-33(16-6-1)37-26-28-47-43(29-37)44-31-39(30-42(48(44)56-47)34-17-7-2-8-18-34)38-25-27-41-40-23-13-14-24-45(40)55(46(41)32-38)51-53-49(35-19-9-3-10-20-35)52-50(54-51)36-21-11-4-12-22-36/h1-32H. The number of nitrogens with zero attached hydrogens (tertiary/aromatic N) is 4. The first-order valence-corrected chi connectivity index (χ1v) is 18.8. The van der Waals surface area contributed by atoms with Crippen LogP contribution in [0, 0.1) is 0 Å². The van der Waals surface area contributed by atoms with Gasteiger partial charge in [-0.1, -0.05) is 158 Å². The summed E-state index contributed by atoms with van der Waals surface area (Å²) in [6.07, 6.45) is 0. The number of fused-ring (bicyclic) bond motifs is 6. The van der Waals surface area contributed by atoms with Gasteiger partial charge in [-0.3, -0.25) is 4.57 Å². The van der Waals surface area contributed by atoms with E-state index in [4.69, 9.17) is 19.4 Å². The minimum atomic E-state index is 0.566. The number of aromatic nitrogens is 4. The van der Waals surface area contributed by atoms with Crippen LogP contribution < -0.4 is 0 Å². The number of hydrogen-bond acceptors (Lipinski definition) is 4. The second-order valence-electron chi connectivity index (χ2n) is 14.0. The average Bonchev–Trinajstić information content (AvgIpc) is 3.82. The number of hydrogen-bond donors (Lipinski definition) is 0. The van der Waals surface area contributed by atoms with E-state index >= 15 is 0 Å². The Bertz CT molecular complexity index is 3170. The van der Waals surface area contributed by atoms with Gasteiger partial charge in [0.1, 0.15) is 11.2 Å². The van der Waals surface area contributed by atoms with Gasteiger partial charge in [0.25, 0.3) is 0 Å². The molecule has 5 nitrogen and oxygen atoms in total. The molecule has 0 fully saturated rings. The van der Waals surface area contributed by atoms with Crippen molar-refractivity contribution in [1.29, 1.82) is 0 Å². The SMILES string of the molecule is c1ccc(-c2ccc3oc4c(-c5ccccc5)cc(-c5ccc6c7ccccc7n(-c7nc(-c8ccccc8)nc(-c8ccccc8)n7)c6c5)cc4c3c2)cc1. The van der Waals surface area contributed by atoms with Crippen LogP contribution in [-0.4, -0.2) is 19.5 Å². The summed E-state index contributed by atoms with van der Waals surface area (Å²) in [6.45, 7) is 0. The van der Waals surface area contributed by atoms with Gasteiger partial charge >= 0.3 is 0 Å². The summed E-state index contributed by atoms with van der Waals surface area (Å²) >= 11 is 0. The lowest BCUT2D eigenvalue weighted by Gasteiger charge is -2.12. The fourth-order valence-electron chi connectivity index (χ4n) is 7.95. The molecule has 0 saturated carbocycles. The molecular formula is C51H32N4O. The number of furan rings is 1. The Morgan fingerprint density at radius 1 is 0.339 bits per heavy atom. The highest BCUT2D eigenvalue weighted by Gasteiger charge is 2.20. The summed E-state index contributed by atoms with van der Waals surface area (Å²) in [5.41, 5.74) is 12.3. The molecule has 5 heteroatoms. The fourth-order valence-corrected chi connectivity index (χ4v) is 7.95. The smallest absolute Gasteiger partial charge is 0.238 e. The molecule has 0 radical (unpaired) electrons. The van der Waals surface area contributed by atoms with Crippen molar-refractivity contribution in [2.24, 2.45) is 0 Å². The molecule has 0 amide bonds. The van der Waals surface area contributed by atoms with E-state index in [0.717, 1.165) is 82.7 Å². The minimum absolute atomic E-state index is 0.566. The van der Waals surface area contributed by atoms with Crippen LogP contribution >= 0.6 is 0 Å². The van der Waals surface area contributed by atoms with Gasteiger partial charge in [-0.2, -0.15) is 9.97 Å². The molecule has 56 heavy (non-hydrogen) atoms. The molecule has 0 atom stereocenters. The Morgan fingerprint density at radius 3 is 1.55 bits per heavy atom. The monoisotopic (exact) mass is 716 g/mol. The van der Waals surface area contributed by atoms with E-state index < -0.39 is 0 Å². The van der Waals surface area contributed by atoms with E-state index in [2.05, 4.69) is 138 Å². The van der Waals surface area contributed by atoms with Crippen molar-refractivity contribution in [3.8, 4) is 62.1 Å². The summed E-state index contributed by atoms with van der Waals surface area (Å²) in [5, 5.41) is 4.42. The summed E-state index contributed by atoms with van der Waals surface area (Å²) in [6, 6.07) is 67.5. The molecule has 262 valence electrons. The maximum atomic E-state index is 6.68. The molecule has 11 aromatic rings. The van der Waals surface area contributed by atoms with E-state index in [0.29, 0.717) is 17.6 Å². The second-order valence-corrected chi connectivity index (χ2v) is 14.0. The molecule has 0 spiro atoms. The summed E-state index contributed by atoms with van der Waals surface area (Å²) < 4.78 is 8.86. The van der Waals surface area contributed by atoms with Crippen LogP contribution in [0.15, 0.2) is 199 Å². The molecule has 0 N–H and O–H groups in total. The Balaban J connectivity index is 1.16. The first kappa shape index (κ1) is 31.9. The third kappa shape index (κ3) is 5.37. The number of benzene rings is 8. The quantitative estimate of drug-likeness (QED) is 0.172. The van der Waals surface area contributed by atoms with E-state index in [1.165, 1.54) is 5.56 Å². The Hall–Kier alpha value is -7.63. The van der Waals surface area contributed by atoms with E-state index in [9.17, 15) is 0 Å². The van der Waals surface area contributed by atoms with Crippen molar-refractivity contribution in [1.82, 2.24) is 19.5 Å². The molecule has 0 bridgehead atoms. The van der Waals surface area contributed by atoms with Gasteiger partial charge in [-0.15, -0.1) is 0 Å². The van der Waals surface area contributed by atoms with Crippen molar-refractivity contribution in [2.75, 3.05) is 0 Å². The maximum absolute atomic E-state index is 6.68. The van der Waals surface area contributed by atoms with Crippen LogP contribution in [0.3, 0.4) is 0 Å². The zero-order valence-corrected chi connectivity index (χ0v) is 30.2. The van der Waals surface area contributed by atoms with Crippen LogP contribution in [0.5, 0.6) is 0 Å². The lowest BCUT2D eigenvalue weighted by Crippen LogP contribution is -2.06. The molecule has 0 aliphatic heterocycles. The molecule has 11 rings (SSSR count). The summed E-state index contributed by atoms with van der Waals surface area (Å²) in [4.78, 5) is 15.3. The van der Waals surface area contributed by atoms with Gasteiger partial charge in [0, 0.05) is 38.2 Å². The third-order valence-electron chi connectivity index (χ3n) is 10.7. The van der Waals surface area contributed by atoms with Crippen molar-refractivity contribution >= 4 is 43.7 Å². The maximum Gasteiger partial charge on any atom is 0.238 e. The van der Waals surface area contributed by atoms with Crippen molar-refractivity contribution in [2.45, 2.75) is 0 Å². The van der Waals surface area contributed by atoms with Crippen molar-refractivity contribution in [3.63, 3.8) is 0 Å². The first-order valence-electron chi connectivity index (χ1n) is 18.8. The van der Waals surface area contributed by atoms with Crippen LogP contribution in [0.25, 0.3) is 106 Å². The highest BCUT2D eigenvalue weighted by molar-refractivity contribution is 6.13. The molecule has 0 aliphatic carbocycles. The lowest BCUT2D eigenvalue weighted by molar-refractivity contribution is 0.670. The Labute approximate surface area is 322 Å². The minimum Gasteiger partial charge on any atom is -0.455 e. The first-order chi connectivity index (χ1) is 27.7. The average molecular weight is 717 g/mol. The van der Waals surface area contributed by atoms with Crippen molar-refractivity contribution < 1.29 is 4.42 Å². The number of para-hydroxylation sites is 1. The van der Waals surface area contributed by atoms with Crippen LogP contribution in [0.2, 0.25) is 0 Å². The number of rotatable bonds is 6. The summed E-state index contributed by atoms with van der Waals surface area (Å²) in [5.74, 6) is 1.81. The van der Waals surface area contributed by atoms with E-state index in [1.54, 1.807) is 0 Å². The lowest BCUT2D eigenvalue weighted by atomic mass is 9.94. The van der Waals surface area contributed by atoms with Gasteiger partial charge in [-0.25, -0.2) is 4.98 Å². The normalized spacial score (nSPS) is 11.6. The van der Waals surface area contributed by atoms with Crippen LogP contribution in [-0.2, 0) is 0 Å². The Kier molecular flexibility index (Phi) is 7.42. The van der Waals surface area contributed by atoms with Gasteiger partial charge in [-0.05, 0) is 64.2 Å². The van der Waals surface area contributed by atoms with E-state index in [-0.39, 0.29) is 0 Å². The van der Waals surface area contributed by atoms with Crippen molar-refractivity contribution in [3.05, 3.63) is 194 Å². The van der Waals surface area contributed by atoms with Gasteiger partial charge in [0.05, 0.1) is 11.0 Å². The molecule has 0 unspecified atom stereocenters. The van der Waals surface area contributed by atoms with E-state index in [1.807, 2.05) is 60.7 Å². The molecular weight excluding hydrogens is 685 g/mol. The van der Waals surface area contributed by atoms with Crippen LogP contribution in [0.4, 0.5) is 0 Å². The second kappa shape index (κ2) is 13.0. The summed E-state index contributed by atoms with van der Waals surface area (Å²) in [7, 11) is 0. The zero-order valence-electron chi connectivity index (χ0n) is 30.2. The van der Waals surface area contributed by atoms with Crippen LogP contribution in [0.1, 0.15) is 0 Å². The highest BCUT2D eigenvalue weighted by Crippen LogP contribution is 2.42. The fraction of sp³-hybridized carbons (Fsp3) is 0. The van der Waals surface area contributed by atoms with Gasteiger partial charge < -0.3 is 4.42 Å². The van der Waals surface area contributed by atoms with Gasteiger partial charge in [0.2, 0.25) is 5.95 Å². The highest BCUT2D eigenvalue weighted by atomic mass is 16.3. The molecule has 3 aromatic heterocycles. The Morgan fingerprint density at radius 2 is 0.875 bits per heavy atom. The molecule has 0 saturated heterocycles. The van der Waals surface area contributed by atoms with Gasteiger partial charge in [0.15, 0.2) is 11.6 Å². The topological polar surface area (TPSA) is 56.7 Å². The third-order valence-corrected chi connectivity index (χ3v) is 10.7. The predicted octanol–water partition coefficient (Wildman–Crippen LogP) is 13.2. The zero-order chi connectivity index (χ0) is 37.0.